The van der Waals surface area contributed by atoms with Gasteiger partial charge < -0.3 is 29.3 Å². The average molecular weight is 466 g/mol. The maximum atomic E-state index is 13.2. The Morgan fingerprint density at radius 1 is 0.941 bits per heavy atom. The predicted molar refractivity (Wildman–Crippen MR) is 122 cm³/mol. The Morgan fingerprint density at radius 3 is 2.47 bits per heavy atom. The lowest BCUT2D eigenvalue weighted by atomic mass is 9.95. The Morgan fingerprint density at radius 2 is 1.71 bits per heavy atom. The van der Waals surface area contributed by atoms with Gasteiger partial charge in [-0.2, -0.15) is 0 Å². The number of nitrogens with zero attached hydrogens (tertiary/aromatic N) is 2. The molecule has 9 nitrogen and oxygen atoms in total. The molecule has 2 fully saturated rings. The van der Waals surface area contributed by atoms with Crippen molar-refractivity contribution in [2.24, 2.45) is 0 Å². The van der Waals surface area contributed by atoms with Gasteiger partial charge in [-0.1, -0.05) is 12.1 Å². The minimum atomic E-state index is -0.832. The van der Waals surface area contributed by atoms with Crippen molar-refractivity contribution in [1.29, 1.82) is 0 Å². The van der Waals surface area contributed by atoms with Crippen LogP contribution >= 0.6 is 0 Å². The first-order valence-corrected chi connectivity index (χ1v) is 11.3. The number of rotatable bonds is 5. The van der Waals surface area contributed by atoms with Crippen LogP contribution < -0.4 is 9.47 Å². The van der Waals surface area contributed by atoms with Gasteiger partial charge in [-0.05, 0) is 35.9 Å². The number of aliphatic hydroxyl groups is 1. The summed E-state index contributed by atoms with van der Waals surface area (Å²) < 4.78 is 16.5. The highest BCUT2D eigenvalue weighted by atomic mass is 16.6. The number of carbonyl (C=O) groups is 2. The standard InChI is InChI=1S/C25H26N2O7/c28-18-3-1-2-16(14-18)22-21(23(29)17-4-5-19-20(15-17)34-13-12-33-19)24(30)25(31)27(22)7-6-26-8-10-32-11-9-26/h1-5,14-15,22,28-29H,6-13H2/b23-21+/t22-/m0/s1. The number of ether oxygens (including phenoxy) is 3. The van der Waals surface area contributed by atoms with Crippen LogP contribution in [0, 0.1) is 0 Å². The van der Waals surface area contributed by atoms with E-state index in [0.29, 0.717) is 62.1 Å². The van der Waals surface area contributed by atoms with Crippen molar-refractivity contribution in [2.75, 3.05) is 52.6 Å². The van der Waals surface area contributed by atoms with Crippen LogP contribution in [0.3, 0.4) is 0 Å². The van der Waals surface area contributed by atoms with Crippen molar-refractivity contribution in [3.05, 3.63) is 59.2 Å². The zero-order valence-corrected chi connectivity index (χ0v) is 18.6. The molecular weight excluding hydrogens is 440 g/mol. The van der Waals surface area contributed by atoms with E-state index in [1.54, 1.807) is 30.3 Å². The average Bonchev–Trinajstić information content (AvgIpc) is 3.12. The predicted octanol–water partition coefficient (Wildman–Crippen LogP) is 1.92. The lowest BCUT2D eigenvalue weighted by Gasteiger charge is -2.31. The molecule has 3 heterocycles. The first-order chi connectivity index (χ1) is 16.5. The molecule has 1 amide bonds. The molecule has 0 bridgehead atoms. The summed E-state index contributed by atoms with van der Waals surface area (Å²) in [6.45, 7) is 4.42. The number of amides is 1. The van der Waals surface area contributed by atoms with Crippen LogP contribution in [0.5, 0.6) is 17.2 Å². The van der Waals surface area contributed by atoms with Crippen molar-refractivity contribution in [3.63, 3.8) is 0 Å². The summed E-state index contributed by atoms with van der Waals surface area (Å²) >= 11 is 0. The third-order valence-electron chi connectivity index (χ3n) is 6.30. The molecule has 2 aromatic carbocycles. The molecule has 0 aromatic heterocycles. The van der Waals surface area contributed by atoms with E-state index in [0.717, 1.165) is 13.1 Å². The van der Waals surface area contributed by atoms with E-state index in [1.165, 1.54) is 17.0 Å². The number of phenols is 1. The summed E-state index contributed by atoms with van der Waals surface area (Å²) in [5.74, 6) is -0.708. The van der Waals surface area contributed by atoms with Gasteiger partial charge in [0.2, 0.25) is 0 Å². The molecule has 3 aliphatic heterocycles. The number of hydrogen-bond acceptors (Lipinski definition) is 8. The van der Waals surface area contributed by atoms with Gasteiger partial charge in [0.05, 0.1) is 24.8 Å². The first-order valence-electron chi connectivity index (χ1n) is 11.3. The van der Waals surface area contributed by atoms with Gasteiger partial charge in [0.15, 0.2) is 11.5 Å². The fourth-order valence-electron chi connectivity index (χ4n) is 4.57. The molecule has 34 heavy (non-hydrogen) atoms. The Hall–Kier alpha value is -3.56. The minimum absolute atomic E-state index is 0.00981. The molecular formula is C25H26N2O7. The van der Waals surface area contributed by atoms with Crippen LogP contribution in [0.4, 0.5) is 0 Å². The van der Waals surface area contributed by atoms with Gasteiger partial charge >= 0.3 is 0 Å². The molecule has 9 heteroatoms. The fourth-order valence-corrected chi connectivity index (χ4v) is 4.57. The SMILES string of the molecule is O=C1C(=O)N(CCN2CCOCC2)[C@@H](c2cccc(O)c2)/C1=C(\O)c1ccc2c(c1)OCCO2. The van der Waals surface area contributed by atoms with Gasteiger partial charge in [-0.25, -0.2) is 0 Å². The molecule has 0 radical (unpaired) electrons. The Bertz CT molecular complexity index is 1140. The second-order valence-electron chi connectivity index (χ2n) is 8.40. The van der Waals surface area contributed by atoms with Crippen LogP contribution in [0.2, 0.25) is 0 Å². The normalized spacial score (nSPS) is 22.2. The highest BCUT2D eigenvalue weighted by Gasteiger charge is 2.46. The van der Waals surface area contributed by atoms with Gasteiger partial charge in [0.25, 0.3) is 11.7 Å². The Balaban J connectivity index is 1.54. The van der Waals surface area contributed by atoms with Gasteiger partial charge in [0, 0.05) is 31.7 Å². The van der Waals surface area contributed by atoms with E-state index >= 15 is 0 Å². The molecule has 5 rings (SSSR count). The van der Waals surface area contributed by atoms with Crippen molar-refractivity contribution in [3.8, 4) is 17.2 Å². The molecule has 3 aliphatic rings. The number of phenolic OH excluding ortho intramolecular Hbond substituents is 1. The van der Waals surface area contributed by atoms with Crippen molar-refractivity contribution in [2.45, 2.75) is 6.04 Å². The molecule has 0 saturated carbocycles. The third-order valence-corrected chi connectivity index (χ3v) is 6.30. The van der Waals surface area contributed by atoms with Crippen LogP contribution in [-0.4, -0.2) is 84.3 Å². The second-order valence-corrected chi connectivity index (χ2v) is 8.40. The maximum absolute atomic E-state index is 13.2. The van der Waals surface area contributed by atoms with E-state index in [9.17, 15) is 19.8 Å². The quantitative estimate of drug-likeness (QED) is 0.391. The van der Waals surface area contributed by atoms with E-state index in [1.807, 2.05) is 0 Å². The summed E-state index contributed by atoms with van der Waals surface area (Å²) in [7, 11) is 0. The van der Waals surface area contributed by atoms with E-state index in [4.69, 9.17) is 14.2 Å². The number of Topliss-reactive ketones (excluding diaryl/α,β-unsaturated/α-hetero) is 1. The van der Waals surface area contributed by atoms with Crippen LogP contribution in [0.25, 0.3) is 5.76 Å². The zero-order chi connectivity index (χ0) is 23.7. The summed E-state index contributed by atoms with van der Waals surface area (Å²) in [6.07, 6.45) is 0. The number of ketones is 1. The molecule has 0 unspecified atom stereocenters. The molecule has 1 atom stereocenters. The van der Waals surface area contributed by atoms with Gasteiger partial charge in [0.1, 0.15) is 24.7 Å². The number of fused-ring (bicyclic) bond motifs is 1. The maximum Gasteiger partial charge on any atom is 0.295 e. The number of aromatic hydroxyl groups is 1. The first kappa shape index (κ1) is 22.2. The summed E-state index contributed by atoms with van der Waals surface area (Å²) in [4.78, 5) is 29.9. The minimum Gasteiger partial charge on any atom is -0.508 e. The fraction of sp³-hybridized carbons (Fsp3) is 0.360. The number of likely N-dealkylation sites (tertiary alicyclic amines) is 1. The van der Waals surface area contributed by atoms with Crippen LogP contribution in [0.1, 0.15) is 17.2 Å². The Kier molecular flexibility index (Phi) is 6.12. The summed E-state index contributed by atoms with van der Waals surface area (Å²) in [5, 5.41) is 21.3. The number of benzene rings is 2. The summed E-state index contributed by atoms with van der Waals surface area (Å²) in [6, 6.07) is 10.5. The second kappa shape index (κ2) is 9.36. The third kappa shape index (κ3) is 4.20. The smallest absolute Gasteiger partial charge is 0.295 e. The molecule has 0 spiro atoms. The molecule has 0 aliphatic carbocycles. The zero-order valence-electron chi connectivity index (χ0n) is 18.6. The number of aliphatic hydroxyl groups excluding tert-OH is 1. The molecule has 178 valence electrons. The highest BCUT2D eigenvalue weighted by molar-refractivity contribution is 6.46. The molecule has 2 N–H and O–H groups in total. The van der Waals surface area contributed by atoms with Crippen molar-refractivity contribution < 1.29 is 34.0 Å². The number of carbonyl (C=O) groups excluding carboxylic acids is 2. The topological polar surface area (TPSA) is 109 Å². The molecule has 2 saturated heterocycles. The van der Waals surface area contributed by atoms with Crippen LogP contribution in [-0.2, 0) is 14.3 Å². The largest absolute Gasteiger partial charge is 0.508 e. The number of morpholine rings is 1. The van der Waals surface area contributed by atoms with Crippen molar-refractivity contribution >= 4 is 17.4 Å². The molecule has 2 aromatic rings. The van der Waals surface area contributed by atoms with Crippen molar-refractivity contribution in [1.82, 2.24) is 9.80 Å². The van der Waals surface area contributed by atoms with Gasteiger partial charge in [-0.3, -0.25) is 14.5 Å². The highest BCUT2D eigenvalue weighted by Crippen LogP contribution is 2.41. The van der Waals surface area contributed by atoms with Gasteiger partial charge in [-0.15, -0.1) is 0 Å². The number of hydrogen-bond donors (Lipinski definition) is 2. The summed E-state index contributed by atoms with van der Waals surface area (Å²) in [5.41, 5.74) is 0.870. The van der Waals surface area contributed by atoms with E-state index in [-0.39, 0.29) is 17.1 Å². The lowest BCUT2D eigenvalue weighted by molar-refractivity contribution is -0.140. The van der Waals surface area contributed by atoms with E-state index in [2.05, 4.69) is 4.90 Å². The van der Waals surface area contributed by atoms with Crippen LogP contribution in [0.15, 0.2) is 48.0 Å². The lowest BCUT2D eigenvalue weighted by Crippen LogP contribution is -2.42. The van der Waals surface area contributed by atoms with E-state index < -0.39 is 17.7 Å². The Labute approximate surface area is 196 Å². The monoisotopic (exact) mass is 466 g/mol.